The number of nitrogens with zero attached hydrogens (tertiary/aromatic N) is 6. The van der Waals surface area contributed by atoms with Crippen LogP contribution in [0.25, 0.3) is 50.5 Å². The van der Waals surface area contributed by atoms with E-state index in [-0.39, 0.29) is 0 Å². The van der Waals surface area contributed by atoms with Gasteiger partial charge in [-0.3, -0.25) is 10.1 Å². The molecule has 6 aromatic heterocycles. The van der Waals surface area contributed by atoms with Crippen LogP contribution in [0.5, 0.6) is 0 Å². The highest BCUT2D eigenvalue weighted by atomic mass is 15.1. The summed E-state index contributed by atoms with van der Waals surface area (Å²) in [6.07, 6.45) is 7.35. The minimum Gasteiger partial charge on any atom is -0.338 e. The number of H-pyrrole nitrogens is 2. The molecule has 0 amide bonds. The summed E-state index contributed by atoms with van der Waals surface area (Å²) in [7, 11) is 0. The van der Waals surface area contributed by atoms with E-state index >= 15 is 0 Å². The highest BCUT2D eigenvalue weighted by molar-refractivity contribution is 5.95. The van der Waals surface area contributed by atoms with E-state index in [1.807, 2.05) is 54.1 Å². The van der Waals surface area contributed by atoms with Crippen molar-refractivity contribution >= 4 is 22.1 Å². The molecule has 0 aliphatic rings. The first-order valence-electron chi connectivity index (χ1n) is 9.52. The topological polar surface area (TPSA) is 101 Å². The van der Waals surface area contributed by atoms with Crippen LogP contribution in [-0.2, 0) is 0 Å². The average molecular weight is 392 g/mol. The molecule has 0 aliphatic carbocycles. The van der Waals surface area contributed by atoms with Crippen LogP contribution in [0.2, 0.25) is 0 Å². The number of imidazole rings is 1. The fourth-order valence-corrected chi connectivity index (χ4v) is 3.66. The molecule has 0 saturated carbocycles. The number of hydrogen-bond donors (Lipinski definition) is 2. The Morgan fingerprint density at radius 2 is 1.90 bits per heavy atom. The van der Waals surface area contributed by atoms with Crippen molar-refractivity contribution in [1.29, 1.82) is 0 Å². The SMILES string of the molecule is Cc1cn(-c2ccnc3[nH]c(-c4n[nH]c5ccc(-c6ccccn6)nc45)cc23)cn1. The standard InChI is InChI=1S/C22H16N8/c1-13-11-30(12-25-13)19-7-9-24-22-14(19)10-18(27-22)21-20-17(28-29-21)6-5-16(26-20)15-4-2-3-8-23-15/h2-12H,1H3,(H,24,27)(H,28,29). The zero-order valence-electron chi connectivity index (χ0n) is 16.0. The van der Waals surface area contributed by atoms with Gasteiger partial charge >= 0.3 is 0 Å². The molecule has 144 valence electrons. The van der Waals surface area contributed by atoms with Crippen LogP contribution in [0.15, 0.2) is 67.4 Å². The second-order valence-corrected chi connectivity index (χ2v) is 7.08. The number of rotatable bonds is 3. The Balaban J connectivity index is 1.52. The highest BCUT2D eigenvalue weighted by Crippen LogP contribution is 2.30. The van der Waals surface area contributed by atoms with E-state index in [1.165, 1.54) is 0 Å². The summed E-state index contributed by atoms with van der Waals surface area (Å²) in [4.78, 5) is 21.4. The molecule has 8 nitrogen and oxygen atoms in total. The van der Waals surface area contributed by atoms with Crippen molar-refractivity contribution in [3.8, 4) is 28.5 Å². The molecule has 0 radical (unpaired) electrons. The van der Waals surface area contributed by atoms with Crippen LogP contribution in [0.3, 0.4) is 0 Å². The molecule has 0 bridgehead atoms. The third-order valence-electron chi connectivity index (χ3n) is 5.09. The Morgan fingerprint density at radius 1 is 0.933 bits per heavy atom. The molecule has 0 atom stereocenters. The average Bonchev–Trinajstić information content (AvgIpc) is 3.51. The Bertz CT molecular complexity index is 1510. The predicted molar refractivity (Wildman–Crippen MR) is 114 cm³/mol. The smallest absolute Gasteiger partial charge is 0.139 e. The van der Waals surface area contributed by atoms with Crippen molar-refractivity contribution in [1.82, 2.24) is 39.7 Å². The number of fused-ring (bicyclic) bond motifs is 2. The lowest BCUT2D eigenvalue weighted by Gasteiger charge is -2.02. The lowest BCUT2D eigenvalue weighted by atomic mass is 10.2. The normalized spacial score (nSPS) is 11.5. The van der Waals surface area contributed by atoms with Crippen LogP contribution in [-0.4, -0.2) is 39.7 Å². The van der Waals surface area contributed by atoms with Gasteiger partial charge < -0.3 is 9.55 Å². The second-order valence-electron chi connectivity index (χ2n) is 7.08. The quantitative estimate of drug-likeness (QED) is 0.473. The van der Waals surface area contributed by atoms with Gasteiger partial charge in [0, 0.05) is 24.0 Å². The van der Waals surface area contributed by atoms with Gasteiger partial charge in [-0.1, -0.05) is 6.07 Å². The van der Waals surface area contributed by atoms with Crippen LogP contribution < -0.4 is 0 Å². The number of aromatic nitrogens is 8. The number of pyridine rings is 3. The Labute approximate surface area is 170 Å². The first-order chi connectivity index (χ1) is 14.8. The number of aromatic amines is 2. The molecular weight excluding hydrogens is 376 g/mol. The van der Waals surface area contributed by atoms with E-state index < -0.39 is 0 Å². The van der Waals surface area contributed by atoms with Gasteiger partial charge in [-0.25, -0.2) is 15.0 Å². The monoisotopic (exact) mass is 392 g/mol. The molecule has 0 unspecified atom stereocenters. The van der Waals surface area contributed by atoms with Crippen molar-refractivity contribution in [3.05, 3.63) is 73.1 Å². The molecule has 8 heteroatoms. The molecule has 0 aromatic carbocycles. The number of hydrogen-bond acceptors (Lipinski definition) is 5. The fraction of sp³-hybridized carbons (Fsp3) is 0.0455. The van der Waals surface area contributed by atoms with Crippen LogP contribution in [0, 0.1) is 6.92 Å². The van der Waals surface area contributed by atoms with Gasteiger partial charge in [-0.05, 0) is 43.3 Å². The van der Waals surface area contributed by atoms with Crippen molar-refractivity contribution in [2.45, 2.75) is 6.92 Å². The van der Waals surface area contributed by atoms with Gasteiger partial charge in [0.2, 0.25) is 0 Å². The third kappa shape index (κ3) is 2.58. The van der Waals surface area contributed by atoms with Crippen LogP contribution in [0.4, 0.5) is 0 Å². The molecule has 30 heavy (non-hydrogen) atoms. The highest BCUT2D eigenvalue weighted by Gasteiger charge is 2.16. The molecule has 6 aromatic rings. The van der Waals surface area contributed by atoms with Gasteiger partial charge in [0.05, 0.1) is 40.3 Å². The van der Waals surface area contributed by atoms with Gasteiger partial charge in [0.1, 0.15) is 16.9 Å². The van der Waals surface area contributed by atoms with Crippen molar-refractivity contribution in [3.63, 3.8) is 0 Å². The van der Waals surface area contributed by atoms with E-state index in [0.717, 1.165) is 56.2 Å². The maximum Gasteiger partial charge on any atom is 0.139 e. The minimum atomic E-state index is 0.744. The van der Waals surface area contributed by atoms with Gasteiger partial charge in [0.15, 0.2) is 0 Å². The minimum absolute atomic E-state index is 0.744. The second kappa shape index (κ2) is 6.35. The summed E-state index contributed by atoms with van der Waals surface area (Å²) in [5, 5.41) is 8.57. The van der Waals surface area contributed by atoms with E-state index in [0.29, 0.717) is 0 Å². The first kappa shape index (κ1) is 16.6. The first-order valence-corrected chi connectivity index (χ1v) is 9.52. The van der Waals surface area contributed by atoms with Gasteiger partial charge in [-0.2, -0.15) is 5.10 Å². The lowest BCUT2D eigenvalue weighted by Crippen LogP contribution is -1.91. The Hall–Kier alpha value is -4.33. The van der Waals surface area contributed by atoms with E-state index in [2.05, 4.69) is 36.2 Å². The molecule has 0 spiro atoms. The summed E-state index contributed by atoms with van der Waals surface area (Å²) in [6, 6.07) is 13.7. The summed E-state index contributed by atoms with van der Waals surface area (Å²) >= 11 is 0. The van der Waals surface area contributed by atoms with E-state index in [4.69, 9.17) is 4.98 Å². The molecule has 6 heterocycles. The largest absolute Gasteiger partial charge is 0.338 e. The Morgan fingerprint density at radius 3 is 2.73 bits per heavy atom. The van der Waals surface area contributed by atoms with Crippen molar-refractivity contribution in [2.75, 3.05) is 0 Å². The number of nitrogens with one attached hydrogen (secondary N) is 2. The van der Waals surface area contributed by atoms with Gasteiger partial charge in [0.25, 0.3) is 0 Å². The lowest BCUT2D eigenvalue weighted by molar-refractivity contribution is 1.06. The number of aryl methyl sites for hydroxylation is 1. The zero-order valence-corrected chi connectivity index (χ0v) is 16.0. The predicted octanol–water partition coefficient (Wildman–Crippen LogP) is 4.06. The molecule has 2 N–H and O–H groups in total. The van der Waals surface area contributed by atoms with Gasteiger partial charge in [-0.15, -0.1) is 0 Å². The third-order valence-corrected chi connectivity index (χ3v) is 5.09. The maximum atomic E-state index is 4.82. The molecule has 0 fully saturated rings. The summed E-state index contributed by atoms with van der Waals surface area (Å²) in [6.45, 7) is 1.97. The molecular formula is C22H16N8. The maximum absolute atomic E-state index is 4.82. The van der Waals surface area contributed by atoms with Crippen LogP contribution in [0.1, 0.15) is 5.69 Å². The Kier molecular flexibility index (Phi) is 3.51. The molecule has 0 saturated heterocycles. The fourth-order valence-electron chi connectivity index (χ4n) is 3.66. The molecule has 0 aliphatic heterocycles. The molecule has 6 rings (SSSR count). The van der Waals surface area contributed by atoms with E-state index in [1.54, 1.807) is 18.7 Å². The van der Waals surface area contributed by atoms with Crippen LogP contribution >= 0.6 is 0 Å². The van der Waals surface area contributed by atoms with Crippen molar-refractivity contribution < 1.29 is 0 Å². The van der Waals surface area contributed by atoms with Crippen molar-refractivity contribution in [2.24, 2.45) is 0 Å². The summed E-state index contributed by atoms with van der Waals surface area (Å²) in [5.41, 5.74) is 7.60. The van der Waals surface area contributed by atoms with E-state index in [9.17, 15) is 0 Å². The summed E-state index contributed by atoms with van der Waals surface area (Å²) in [5.74, 6) is 0. The summed E-state index contributed by atoms with van der Waals surface area (Å²) < 4.78 is 2.00. The zero-order chi connectivity index (χ0) is 20.1.